The predicted octanol–water partition coefficient (Wildman–Crippen LogP) is 3.65. The molecule has 1 amide bonds. The molecule has 0 saturated carbocycles. The van der Waals surface area contributed by atoms with Gasteiger partial charge in [-0.1, -0.05) is 42.0 Å². The second-order valence-electron chi connectivity index (χ2n) is 5.99. The Morgan fingerprint density at radius 3 is 2.48 bits per heavy atom. The van der Waals surface area contributed by atoms with Crippen molar-refractivity contribution in [1.82, 2.24) is 4.90 Å². The molecule has 0 atom stereocenters. The highest BCUT2D eigenvalue weighted by molar-refractivity contribution is 9.10. The topological polar surface area (TPSA) is 23.6 Å². The molecular weight excluding hydrogens is 352 g/mol. The number of benzene rings is 2. The maximum absolute atomic E-state index is 12.5. The Labute approximate surface area is 146 Å². The molecule has 120 valence electrons. The van der Waals surface area contributed by atoms with Crippen LogP contribution in [0.3, 0.4) is 0 Å². The summed E-state index contributed by atoms with van der Waals surface area (Å²) in [7, 11) is 0. The summed E-state index contributed by atoms with van der Waals surface area (Å²) in [5, 5.41) is 0. The molecule has 1 fully saturated rings. The van der Waals surface area contributed by atoms with Crippen molar-refractivity contribution >= 4 is 27.5 Å². The first-order chi connectivity index (χ1) is 11.1. The van der Waals surface area contributed by atoms with E-state index >= 15 is 0 Å². The predicted molar refractivity (Wildman–Crippen MR) is 97.8 cm³/mol. The number of hydrogen-bond acceptors (Lipinski definition) is 2. The molecule has 23 heavy (non-hydrogen) atoms. The Bertz CT molecular complexity index is 693. The minimum Gasteiger partial charge on any atom is -0.367 e. The lowest BCUT2D eigenvalue weighted by atomic mass is 10.1. The zero-order chi connectivity index (χ0) is 16.2. The number of amides is 1. The molecule has 1 saturated heterocycles. The van der Waals surface area contributed by atoms with E-state index in [-0.39, 0.29) is 5.91 Å². The third-order valence-corrected chi connectivity index (χ3v) is 4.93. The lowest BCUT2D eigenvalue weighted by Gasteiger charge is -2.36. The van der Waals surface area contributed by atoms with Gasteiger partial charge in [0.25, 0.3) is 0 Å². The molecule has 3 rings (SSSR count). The third-order valence-electron chi connectivity index (χ3n) is 4.26. The van der Waals surface area contributed by atoms with Gasteiger partial charge in [0, 0.05) is 30.7 Å². The first-order valence-electron chi connectivity index (χ1n) is 7.96. The highest BCUT2D eigenvalue weighted by Crippen LogP contribution is 2.26. The third kappa shape index (κ3) is 3.94. The molecule has 0 radical (unpaired) electrons. The number of anilines is 1. The average molecular weight is 373 g/mol. The maximum atomic E-state index is 12.5. The molecule has 2 aromatic rings. The standard InChI is InChI=1S/C19H21BrN2O/c1-15-5-4-6-16(13-15)14-19(23)22-11-9-21(10-12-22)18-8-3-2-7-17(18)20/h2-8,13H,9-12,14H2,1H3. The van der Waals surface area contributed by atoms with Gasteiger partial charge in [-0.25, -0.2) is 0 Å². The van der Waals surface area contributed by atoms with E-state index in [4.69, 9.17) is 0 Å². The van der Waals surface area contributed by atoms with E-state index < -0.39 is 0 Å². The average Bonchev–Trinajstić information content (AvgIpc) is 2.55. The molecule has 1 aliphatic heterocycles. The highest BCUT2D eigenvalue weighted by atomic mass is 79.9. The monoisotopic (exact) mass is 372 g/mol. The second kappa shape index (κ2) is 7.18. The largest absolute Gasteiger partial charge is 0.367 e. The van der Waals surface area contributed by atoms with E-state index in [0.717, 1.165) is 36.2 Å². The number of para-hydroxylation sites is 1. The van der Waals surface area contributed by atoms with Gasteiger partial charge in [0.15, 0.2) is 0 Å². The Morgan fingerprint density at radius 2 is 1.78 bits per heavy atom. The SMILES string of the molecule is Cc1cccc(CC(=O)N2CCN(c3ccccc3Br)CC2)c1. The van der Waals surface area contributed by atoms with Gasteiger partial charge < -0.3 is 9.80 Å². The summed E-state index contributed by atoms with van der Waals surface area (Å²) in [5.74, 6) is 0.224. The van der Waals surface area contributed by atoms with Crippen LogP contribution in [-0.4, -0.2) is 37.0 Å². The second-order valence-corrected chi connectivity index (χ2v) is 6.84. The van der Waals surface area contributed by atoms with Crippen molar-refractivity contribution in [1.29, 1.82) is 0 Å². The van der Waals surface area contributed by atoms with Crippen LogP contribution in [0, 0.1) is 6.92 Å². The van der Waals surface area contributed by atoms with Gasteiger partial charge in [0.1, 0.15) is 0 Å². The van der Waals surface area contributed by atoms with Crippen LogP contribution in [0.25, 0.3) is 0 Å². The summed E-state index contributed by atoms with van der Waals surface area (Å²) < 4.78 is 1.11. The van der Waals surface area contributed by atoms with Gasteiger partial charge in [0.05, 0.1) is 12.1 Å². The van der Waals surface area contributed by atoms with Crippen LogP contribution in [-0.2, 0) is 11.2 Å². The molecule has 0 unspecified atom stereocenters. The number of halogens is 1. The van der Waals surface area contributed by atoms with Crippen molar-refractivity contribution in [3.8, 4) is 0 Å². The summed E-state index contributed by atoms with van der Waals surface area (Å²) in [4.78, 5) is 16.8. The fourth-order valence-electron chi connectivity index (χ4n) is 3.01. The molecule has 0 aromatic heterocycles. The quantitative estimate of drug-likeness (QED) is 0.820. The van der Waals surface area contributed by atoms with E-state index in [1.54, 1.807) is 0 Å². The van der Waals surface area contributed by atoms with Crippen LogP contribution >= 0.6 is 15.9 Å². The molecule has 0 spiro atoms. The Kier molecular flexibility index (Phi) is 5.01. The minimum absolute atomic E-state index is 0.224. The number of rotatable bonds is 3. The van der Waals surface area contributed by atoms with E-state index in [1.807, 2.05) is 23.1 Å². The molecule has 3 nitrogen and oxygen atoms in total. The summed E-state index contributed by atoms with van der Waals surface area (Å²) in [6.45, 7) is 5.38. The number of piperazine rings is 1. The molecule has 1 aliphatic rings. The van der Waals surface area contributed by atoms with Gasteiger partial charge in [-0.3, -0.25) is 4.79 Å². The van der Waals surface area contributed by atoms with Crippen LogP contribution in [0.1, 0.15) is 11.1 Å². The molecular formula is C19H21BrN2O. The van der Waals surface area contributed by atoms with Crippen LogP contribution in [0.4, 0.5) is 5.69 Å². The maximum Gasteiger partial charge on any atom is 0.227 e. The molecule has 0 N–H and O–H groups in total. The highest BCUT2D eigenvalue weighted by Gasteiger charge is 2.22. The number of nitrogens with zero attached hydrogens (tertiary/aromatic N) is 2. The van der Waals surface area contributed by atoms with Crippen LogP contribution in [0.15, 0.2) is 53.0 Å². The zero-order valence-electron chi connectivity index (χ0n) is 13.3. The Morgan fingerprint density at radius 1 is 1.04 bits per heavy atom. The van der Waals surface area contributed by atoms with Crippen LogP contribution in [0.2, 0.25) is 0 Å². The summed E-state index contributed by atoms with van der Waals surface area (Å²) >= 11 is 3.60. The van der Waals surface area contributed by atoms with Gasteiger partial charge in [0.2, 0.25) is 5.91 Å². The minimum atomic E-state index is 0.224. The first-order valence-corrected chi connectivity index (χ1v) is 8.75. The van der Waals surface area contributed by atoms with Crippen molar-refractivity contribution in [2.24, 2.45) is 0 Å². The van der Waals surface area contributed by atoms with Crippen molar-refractivity contribution in [3.63, 3.8) is 0 Å². The van der Waals surface area contributed by atoms with Gasteiger partial charge >= 0.3 is 0 Å². The Balaban J connectivity index is 1.58. The zero-order valence-corrected chi connectivity index (χ0v) is 14.9. The molecule has 2 aromatic carbocycles. The molecule has 1 heterocycles. The van der Waals surface area contributed by atoms with Gasteiger partial charge in [-0.2, -0.15) is 0 Å². The van der Waals surface area contributed by atoms with E-state index in [1.165, 1.54) is 11.3 Å². The van der Waals surface area contributed by atoms with E-state index in [0.29, 0.717) is 6.42 Å². The fraction of sp³-hybridized carbons (Fsp3) is 0.316. The lowest BCUT2D eigenvalue weighted by molar-refractivity contribution is -0.130. The summed E-state index contributed by atoms with van der Waals surface area (Å²) in [5.41, 5.74) is 3.51. The molecule has 4 heteroatoms. The normalized spacial score (nSPS) is 14.9. The Hall–Kier alpha value is -1.81. The van der Waals surface area contributed by atoms with Crippen molar-refractivity contribution in [2.75, 3.05) is 31.1 Å². The van der Waals surface area contributed by atoms with Crippen LogP contribution in [0.5, 0.6) is 0 Å². The lowest BCUT2D eigenvalue weighted by Crippen LogP contribution is -2.49. The number of hydrogen-bond donors (Lipinski definition) is 0. The summed E-state index contributed by atoms with van der Waals surface area (Å²) in [6.07, 6.45) is 0.497. The van der Waals surface area contributed by atoms with Crippen molar-refractivity contribution < 1.29 is 4.79 Å². The van der Waals surface area contributed by atoms with E-state index in [2.05, 4.69) is 58.1 Å². The smallest absolute Gasteiger partial charge is 0.227 e. The number of aryl methyl sites for hydroxylation is 1. The van der Waals surface area contributed by atoms with Crippen molar-refractivity contribution in [3.05, 3.63) is 64.1 Å². The van der Waals surface area contributed by atoms with Gasteiger partial charge in [-0.05, 0) is 40.5 Å². The molecule has 0 bridgehead atoms. The van der Waals surface area contributed by atoms with Crippen molar-refractivity contribution in [2.45, 2.75) is 13.3 Å². The summed E-state index contributed by atoms with van der Waals surface area (Å²) in [6, 6.07) is 16.5. The van der Waals surface area contributed by atoms with Crippen LogP contribution < -0.4 is 4.90 Å². The van der Waals surface area contributed by atoms with Gasteiger partial charge in [-0.15, -0.1) is 0 Å². The number of carbonyl (C=O) groups is 1. The molecule has 0 aliphatic carbocycles. The van der Waals surface area contributed by atoms with E-state index in [9.17, 15) is 4.79 Å². The number of carbonyl (C=O) groups excluding carboxylic acids is 1. The first kappa shape index (κ1) is 16.1. The fourth-order valence-corrected chi connectivity index (χ4v) is 3.55.